The predicted molar refractivity (Wildman–Crippen MR) is 117 cm³/mol. The van der Waals surface area contributed by atoms with E-state index in [0.717, 1.165) is 18.2 Å². The van der Waals surface area contributed by atoms with Crippen LogP contribution in [0.4, 0.5) is 5.69 Å². The second kappa shape index (κ2) is 9.97. The molecule has 15 heteroatoms. The maximum Gasteiger partial charge on any atom is 0.271 e. The van der Waals surface area contributed by atoms with Crippen molar-refractivity contribution in [3.05, 3.63) is 57.6 Å². The Morgan fingerprint density at radius 1 is 1.30 bits per heavy atom. The topological polar surface area (TPSA) is 175 Å². The summed E-state index contributed by atoms with van der Waals surface area (Å²) in [6, 6.07) is 2.54. The van der Waals surface area contributed by atoms with Crippen LogP contribution in [0.5, 0.6) is 0 Å². The largest absolute Gasteiger partial charge is 0.351 e. The van der Waals surface area contributed by atoms with Gasteiger partial charge in [-0.25, -0.2) is 17.8 Å². The second-order valence-corrected chi connectivity index (χ2v) is 9.12. The molecule has 174 valence electrons. The number of halogens is 1. The van der Waals surface area contributed by atoms with Crippen LogP contribution in [-0.4, -0.2) is 56.8 Å². The Kier molecular flexibility index (Phi) is 7.30. The maximum absolute atomic E-state index is 12.4. The lowest BCUT2D eigenvalue weighted by atomic mass is 10.2. The monoisotopic (exact) mass is 494 g/mol. The van der Waals surface area contributed by atoms with E-state index in [4.69, 9.17) is 11.6 Å². The fourth-order valence-corrected chi connectivity index (χ4v) is 4.39. The van der Waals surface area contributed by atoms with Gasteiger partial charge in [0.1, 0.15) is 16.3 Å². The van der Waals surface area contributed by atoms with Crippen LogP contribution in [0, 0.1) is 17.0 Å². The summed E-state index contributed by atoms with van der Waals surface area (Å²) >= 11 is 5.86. The Morgan fingerprint density at radius 3 is 2.70 bits per heavy atom. The van der Waals surface area contributed by atoms with Crippen molar-refractivity contribution in [3.63, 3.8) is 0 Å². The number of sulfonamides is 1. The summed E-state index contributed by atoms with van der Waals surface area (Å²) in [5.74, 6) is -0.589. The van der Waals surface area contributed by atoms with Gasteiger partial charge in [-0.1, -0.05) is 16.8 Å². The number of carbonyl (C=O) groups is 1. The first kappa shape index (κ1) is 24.2. The highest BCUT2D eigenvalue weighted by Crippen LogP contribution is 2.25. The molecule has 0 saturated carbocycles. The Labute approximate surface area is 193 Å². The van der Waals surface area contributed by atoms with Crippen LogP contribution in [0.3, 0.4) is 0 Å². The lowest BCUT2D eigenvalue weighted by Gasteiger charge is -2.14. The molecule has 0 aliphatic heterocycles. The summed E-state index contributed by atoms with van der Waals surface area (Å²) in [5.41, 5.74) is 1.48. The second-order valence-electron chi connectivity index (χ2n) is 6.98. The number of benzene rings is 1. The van der Waals surface area contributed by atoms with Crippen LogP contribution in [-0.2, 0) is 21.4 Å². The highest BCUT2D eigenvalue weighted by atomic mass is 35.5. The van der Waals surface area contributed by atoms with E-state index in [1.165, 1.54) is 4.68 Å². The number of non-ortho nitro benzene ring substituents is 1. The Bertz CT molecular complexity index is 1300. The van der Waals surface area contributed by atoms with E-state index in [1.54, 1.807) is 32.4 Å². The molecule has 0 aliphatic rings. The molecule has 1 atom stereocenters. The van der Waals surface area contributed by atoms with Gasteiger partial charge >= 0.3 is 0 Å². The lowest BCUT2D eigenvalue weighted by Crippen LogP contribution is -2.42. The molecule has 1 aromatic carbocycles. The van der Waals surface area contributed by atoms with E-state index in [9.17, 15) is 23.3 Å². The number of nitrogens with zero attached hydrogens (tertiary/aromatic N) is 6. The van der Waals surface area contributed by atoms with Gasteiger partial charge in [0.25, 0.3) is 5.69 Å². The Hall–Kier alpha value is -3.49. The fourth-order valence-electron chi connectivity index (χ4n) is 2.87. The average molecular weight is 495 g/mol. The molecule has 33 heavy (non-hydrogen) atoms. The summed E-state index contributed by atoms with van der Waals surface area (Å²) in [5, 5.41) is 21.1. The van der Waals surface area contributed by atoms with E-state index in [1.807, 2.05) is 0 Å². The Balaban J connectivity index is 1.56. The molecule has 0 bridgehead atoms. The molecule has 3 aromatic rings. The number of aryl methyl sites for hydroxylation is 1. The minimum Gasteiger partial charge on any atom is -0.351 e. The number of hydrogen-bond donors (Lipinski definition) is 2. The normalized spacial score (nSPS) is 12.3. The third-order valence-corrected chi connectivity index (χ3v) is 6.25. The molecule has 13 nitrogen and oxygen atoms in total. The molecule has 0 saturated heterocycles. The molecule has 0 radical (unpaired) electrons. The molecule has 0 spiro atoms. The molecule has 1 amide bonds. The first-order valence-electron chi connectivity index (χ1n) is 9.48. The predicted octanol–water partition coefficient (Wildman–Crippen LogP) is 1.09. The highest BCUT2D eigenvalue weighted by Gasteiger charge is 2.22. The van der Waals surface area contributed by atoms with Crippen molar-refractivity contribution >= 4 is 33.2 Å². The van der Waals surface area contributed by atoms with Gasteiger partial charge in [-0.2, -0.15) is 0 Å². The van der Waals surface area contributed by atoms with E-state index < -0.39 is 33.4 Å². The number of aromatic nitrogens is 5. The number of nitro benzene ring substituents is 1. The van der Waals surface area contributed by atoms with Crippen LogP contribution in [0.1, 0.15) is 12.6 Å². The maximum atomic E-state index is 12.4. The van der Waals surface area contributed by atoms with Crippen LogP contribution in [0.15, 0.2) is 41.7 Å². The molecule has 0 fully saturated rings. The van der Waals surface area contributed by atoms with Crippen LogP contribution < -0.4 is 10.0 Å². The summed E-state index contributed by atoms with van der Waals surface area (Å²) in [4.78, 5) is 30.3. The van der Waals surface area contributed by atoms with Gasteiger partial charge in [-0.05, 0) is 19.9 Å². The van der Waals surface area contributed by atoms with E-state index in [0.29, 0.717) is 17.1 Å². The van der Waals surface area contributed by atoms with Gasteiger partial charge in [-0.15, -0.1) is 5.10 Å². The van der Waals surface area contributed by atoms with E-state index in [2.05, 4.69) is 30.3 Å². The number of hydrogen-bond acceptors (Lipinski definition) is 9. The zero-order valence-electron chi connectivity index (χ0n) is 17.5. The number of carbonyl (C=O) groups excluding carboxylic acids is 1. The molecular formula is C18H19ClN8O5S. The summed E-state index contributed by atoms with van der Waals surface area (Å²) in [6.45, 7) is 3.24. The van der Waals surface area contributed by atoms with Gasteiger partial charge < -0.3 is 5.32 Å². The number of rotatable bonds is 9. The first-order chi connectivity index (χ1) is 15.6. The average Bonchev–Trinajstić information content (AvgIpc) is 3.20. The summed E-state index contributed by atoms with van der Waals surface area (Å²) in [6.07, 6.45) is 4.79. The van der Waals surface area contributed by atoms with Crippen molar-refractivity contribution in [2.45, 2.75) is 31.3 Å². The quantitative estimate of drug-likeness (QED) is 0.325. The zero-order chi connectivity index (χ0) is 24.2. The number of amides is 1. The smallest absolute Gasteiger partial charge is 0.271 e. The minimum atomic E-state index is -4.16. The molecular weight excluding hydrogens is 476 g/mol. The third-order valence-electron chi connectivity index (χ3n) is 4.37. The third kappa shape index (κ3) is 6.06. The van der Waals surface area contributed by atoms with Gasteiger partial charge in [0, 0.05) is 30.6 Å². The van der Waals surface area contributed by atoms with Crippen molar-refractivity contribution in [2.24, 2.45) is 0 Å². The zero-order valence-corrected chi connectivity index (χ0v) is 19.0. The van der Waals surface area contributed by atoms with Crippen molar-refractivity contribution in [1.82, 2.24) is 35.0 Å². The molecule has 2 aromatic heterocycles. The molecule has 2 N–H and O–H groups in total. The fraction of sp³-hybridized carbons (Fsp3) is 0.278. The van der Waals surface area contributed by atoms with Gasteiger partial charge in [-0.3, -0.25) is 24.9 Å². The van der Waals surface area contributed by atoms with E-state index in [-0.39, 0.29) is 22.2 Å². The molecule has 3 rings (SSSR count). The van der Waals surface area contributed by atoms with Crippen molar-refractivity contribution in [3.8, 4) is 11.4 Å². The Morgan fingerprint density at radius 2 is 2.03 bits per heavy atom. The summed E-state index contributed by atoms with van der Waals surface area (Å²) in [7, 11) is -4.16. The SMILES string of the molecule is Cc1nccnc1-c1cn(CC(C)NC(=O)CNS(=O)(=O)c2ccc([N+](=O)[O-])cc2Cl)nn1. The number of nitro groups is 1. The van der Waals surface area contributed by atoms with Crippen LogP contribution in [0.2, 0.25) is 5.02 Å². The van der Waals surface area contributed by atoms with Crippen molar-refractivity contribution in [2.75, 3.05) is 6.54 Å². The minimum absolute atomic E-state index is 0.277. The van der Waals surface area contributed by atoms with Crippen molar-refractivity contribution < 1.29 is 18.1 Å². The number of nitrogens with one attached hydrogen (secondary N) is 2. The standard InChI is InChI=1S/C18H19ClN8O5S/c1-11(9-26-10-15(24-25-26)18-12(2)20-5-6-21-18)23-17(28)8-22-33(31,32)16-4-3-13(27(29)30)7-14(16)19/h3-7,10-11,22H,8-9H2,1-2H3,(H,23,28). The molecule has 2 heterocycles. The molecule has 0 aliphatic carbocycles. The van der Waals surface area contributed by atoms with Crippen LogP contribution in [0.25, 0.3) is 11.4 Å². The summed E-state index contributed by atoms with van der Waals surface area (Å²) < 4.78 is 28.4. The van der Waals surface area contributed by atoms with Gasteiger partial charge in [0.05, 0.1) is 34.9 Å². The highest BCUT2D eigenvalue weighted by molar-refractivity contribution is 7.89. The van der Waals surface area contributed by atoms with E-state index >= 15 is 0 Å². The first-order valence-corrected chi connectivity index (χ1v) is 11.3. The molecule has 1 unspecified atom stereocenters. The van der Waals surface area contributed by atoms with Crippen LogP contribution >= 0.6 is 11.6 Å². The van der Waals surface area contributed by atoms with Gasteiger partial charge in [0.2, 0.25) is 15.9 Å². The lowest BCUT2D eigenvalue weighted by molar-refractivity contribution is -0.384. The van der Waals surface area contributed by atoms with Gasteiger partial charge in [0.15, 0.2) is 0 Å². The van der Waals surface area contributed by atoms with Crippen molar-refractivity contribution in [1.29, 1.82) is 0 Å².